The molecule has 0 aliphatic heterocycles. The lowest BCUT2D eigenvalue weighted by Crippen LogP contribution is -2.06. The second kappa shape index (κ2) is 6.51. The van der Waals surface area contributed by atoms with Crippen LogP contribution in [0.1, 0.15) is 11.3 Å². The number of nitrogens with zero attached hydrogens (tertiary/aromatic N) is 3. The molecule has 2 aromatic heterocycles. The molecule has 0 amide bonds. The second-order valence-electron chi connectivity index (χ2n) is 5.32. The Bertz CT molecular complexity index is 859. The first-order valence-corrected chi connectivity index (χ1v) is 7.51. The van der Waals surface area contributed by atoms with Crippen LogP contribution in [0.3, 0.4) is 0 Å². The van der Waals surface area contributed by atoms with Crippen LogP contribution in [0.2, 0.25) is 0 Å². The zero-order valence-electron chi connectivity index (χ0n) is 13.0. The number of fused-ring (bicyclic) bond motifs is 1. The SMILES string of the molecule is Cc1ccc(-c2nc3c(OCC#N)cccn3c2CCN)cc1. The lowest BCUT2D eigenvalue weighted by Gasteiger charge is -2.05. The Kier molecular flexibility index (Phi) is 4.26. The topological polar surface area (TPSA) is 76.3 Å². The van der Waals surface area contributed by atoms with Gasteiger partial charge in [-0.1, -0.05) is 29.8 Å². The van der Waals surface area contributed by atoms with Gasteiger partial charge in [0.2, 0.25) is 0 Å². The molecular weight excluding hydrogens is 288 g/mol. The van der Waals surface area contributed by atoms with Crippen LogP contribution in [0.15, 0.2) is 42.6 Å². The minimum atomic E-state index is -0.00137. The molecule has 0 unspecified atom stereocenters. The molecule has 5 nitrogen and oxygen atoms in total. The summed E-state index contributed by atoms with van der Waals surface area (Å²) in [5, 5.41) is 8.73. The van der Waals surface area contributed by atoms with Crippen LogP contribution in [0.5, 0.6) is 5.75 Å². The Morgan fingerprint density at radius 1 is 1.26 bits per heavy atom. The minimum Gasteiger partial charge on any atom is -0.475 e. The van der Waals surface area contributed by atoms with E-state index in [0.717, 1.165) is 17.0 Å². The first kappa shape index (κ1) is 15.1. The van der Waals surface area contributed by atoms with E-state index >= 15 is 0 Å². The maximum absolute atomic E-state index is 8.73. The number of imidazole rings is 1. The van der Waals surface area contributed by atoms with Crippen LogP contribution in [0.4, 0.5) is 0 Å². The summed E-state index contributed by atoms with van der Waals surface area (Å²) in [4.78, 5) is 4.76. The molecule has 23 heavy (non-hydrogen) atoms. The van der Waals surface area contributed by atoms with Gasteiger partial charge < -0.3 is 14.9 Å². The smallest absolute Gasteiger partial charge is 0.180 e. The summed E-state index contributed by atoms with van der Waals surface area (Å²) in [6.07, 6.45) is 2.66. The fourth-order valence-corrected chi connectivity index (χ4v) is 2.63. The lowest BCUT2D eigenvalue weighted by atomic mass is 10.1. The molecule has 0 saturated heterocycles. The van der Waals surface area contributed by atoms with Gasteiger partial charge in [0.15, 0.2) is 18.0 Å². The van der Waals surface area contributed by atoms with Gasteiger partial charge in [-0.25, -0.2) is 4.98 Å². The van der Waals surface area contributed by atoms with Gasteiger partial charge in [0.05, 0.1) is 11.4 Å². The number of benzene rings is 1. The van der Waals surface area contributed by atoms with E-state index in [4.69, 9.17) is 20.7 Å². The van der Waals surface area contributed by atoms with Crippen molar-refractivity contribution >= 4 is 5.65 Å². The number of aromatic nitrogens is 2. The van der Waals surface area contributed by atoms with Crippen molar-refractivity contribution in [2.45, 2.75) is 13.3 Å². The van der Waals surface area contributed by atoms with E-state index in [9.17, 15) is 0 Å². The molecule has 0 atom stereocenters. The predicted octanol–water partition coefficient (Wildman–Crippen LogP) is 2.71. The Morgan fingerprint density at radius 2 is 2.04 bits per heavy atom. The first-order chi connectivity index (χ1) is 11.2. The molecule has 0 saturated carbocycles. The summed E-state index contributed by atoms with van der Waals surface area (Å²) in [6, 6.07) is 14.0. The van der Waals surface area contributed by atoms with Gasteiger partial charge in [-0.3, -0.25) is 0 Å². The number of nitriles is 1. The van der Waals surface area contributed by atoms with Crippen molar-refractivity contribution < 1.29 is 4.74 Å². The standard InChI is InChI=1S/C18H18N4O/c1-13-4-6-14(7-5-13)17-15(8-9-19)22-11-2-3-16(18(22)21-17)23-12-10-20/h2-7,11H,8-9,12,19H2,1H3. The minimum absolute atomic E-state index is 0.00137. The van der Waals surface area contributed by atoms with Gasteiger partial charge >= 0.3 is 0 Å². The molecule has 2 heterocycles. The molecule has 3 rings (SSSR count). The Morgan fingerprint density at radius 3 is 2.74 bits per heavy atom. The Balaban J connectivity index is 2.18. The fourth-order valence-electron chi connectivity index (χ4n) is 2.63. The van der Waals surface area contributed by atoms with Crippen molar-refractivity contribution in [3.8, 4) is 23.1 Å². The molecule has 0 spiro atoms. The molecule has 2 N–H and O–H groups in total. The summed E-state index contributed by atoms with van der Waals surface area (Å²) in [5.41, 5.74) is 10.7. The third-order valence-corrected chi connectivity index (χ3v) is 3.71. The maximum Gasteiger partial charge on any atom is 0.180 e. The molecule has 116 valence electrons. The molecule has 3 aromatic rings. The Hall–Kier alpha value is -2.84. The molecule has 0 bridgehead atoms. The van der Waals surface area contributed by atoms with Crippen molar-refractivity contribution in [2.24, 2.45) is 5.73 Å². The zero-order valence-corrected chi connectivity index (χ0v) is 13.0. The maximum atomic E-state index is 8.73. The first-order valence-electron chi connectivity index (χ1n) is 7.51. The van der Waals surface area contributed by atoms with Gasteiger partial charge in [0.25, 0.3) is 0 Å². The summed E-state index contributed by atoms with van der Waals surface area (Å²) >= 11 is 0. The number of ether oxygens (including phenoxy) is 1. The van der Waals surface area contributed by atoms with Crippen LogP contribution >= 0.6 is 0 Å². The average molecular weight is 306 g/mol. The van der Waals surface area contributed by atoms with Crippen molar-refractivity contribution in [3.05, 3.63) is 53.9 Å². The number of hydrogen-bond acceptors (Lipinski definition) is 4. The highest BCUT2D eigenvalue weighted by molar-refractivity contribution is 5.69. The lowest BCUT2D eigenvalue weighted by molar-refractivity contribution is 0.370. The van der Waals surface area contributed by atoms with Gasteiger partial charge in [-0.05, 0) is 25.6 Å². The number of hydrogen-bond donors (Lipinski definition) is 1. The van der Waals surface area contributed by atoms with E-state index in [0.29, 0.717) is 24.4 Å². The van der Waals surface area contributed by atoms with Crippen LogP contribution < -0.4 is 10.5 Å². The van der Waals surface area contributed by atoms with Crippen molar-refractivity contribution in [3.63, 3.8) is 0 Å². The molecule has 1 aromatic carbocycles. The van der Waals surface area contributed by atoms with E-state index in [1.54, 1.807) is 0 Å². The fraction of sp³-hybridized carbons (Fsp3) is 0.222. The zero-order chi connectivity index (χ0) is 16.2. The third kappa shape index (κ3) is 2.89. The van der Waals surface area contributed by atoms with Crippen LogP contribution in [-0.4, -0.2) is 22.5 Å². The molecule has 0 fully saturated rings. The summed E-state index contributed by atoms with van der Waals surface area (Å²) in [6.45, 7) is 2.59. The number of aryl methyl sites for hydroxylation is 1. The van der Waals surface area contributed by atoms with Crippen molar-refractivity contribution in [1.29, 1.82) is 5.26 Å². The van der Waals surface area contributed by atoms with Crippen molar-refractivity contribution in [2.75, 3.05) is 13.2 Å². The molecule has 5 heteroatoms. The van der Waals surface area contributed by atoms with Gasteiger partial charge in [-0.2, -0.15) is 5.26 Å². The molecular formula is C18H18N4O. The predicted molar refractivity (Wildman–Crippen MR) is 89.2 cm³/mol. The molecule has 0 aliphatic carbocycles. The quantitative estimate of drug-likeness (QED) is 0.786. The summed E-state index contributed by atoms with van der Waals surface area (Å²) in [7, 11) is 0. The van der Waals surface area contributed by atoms with E-state index in [-0.39, 0.29) is 6.61 Å². The van der Waals surface area contributed by atoms with E-state index in [1.165, 1.54) is 5.56 Å². The van der Waals surface area contributed by atoms with Gasteiger partial charge in [0.1, 0.15) is 6.07 Å². The third-order valence-electron chi connectivity index (χ3n) is 3.71. The Labute approximate surface area is 134 Å². The summed E-state index contributed by atoms with van der Waals surface area (Å²) < 4.78 is 7.49. The number of nitrogens with two attached hydrogens (primary N) is 1. The summed E-state index contributed by atoms with van der Waals surface area (Å²) in [5.74, 6) is 0.602. The van der Waals surface area contributed by atoms with Crippen LogP contribution in [0.25, 0.3) is 16.9 Å². The highest BCUT2D eigenvalue weighted by atomic mass is 16.5. The number of rotatable bonds is 5. The van der Waals surface area contributed by atoms with Crippen LogP contribution in [-0.2, 0) is 6.42 Å². The van der Waals surface area contributed by atoms with E-state index < -0.39 is 0 Å². The van der Waals surface area contributed by atoms with Crippen LogP contribution in [0, 0.1) is 18.3 Å². The highest BCUT2D eigenvalue weighted by Gasteiger charge is 2.16. The monoisotopic (exact) mass is 306 g/mol. The van der Waals surface area contributed by atoms with E-state index in [2.05, 4.69) is 31.2 Å². The normalized spacial score (nSPS) is 10.7. The second-order valence-corrected chi connectivity index (χ2v) is 5.32. The number of pyridine rings is 1. The highest BCUT2D eigenvalue weighted by Crippen LogP contribution is 2.29. The van der Waals surface area contributed by atoms with Crippen molar-refractivity contribution in [1.82, 2.24) is 9.38 Å². The molecule has 0 aliphatic rings. The average Bonchev–Trinajstić information content (AvgIpc) is 2.93. The largest absolute Gasteiger partial charge is 0.475 e. The van der Waals surface area contributed by atoms with Gasteiger partial charge in [-0.15, -0.1) is 0 Å². The van der Waals surface area contributed by atoms with Gasteiger partial charge in [0, 0.05) is 18.2 Å². The molecule has 0 radical (unpaired) electrons. The van der Waals surface area contributed by atoms with E-state index in [1.807, 2.05) is 28.8 Å².